The molecule has 0 heterocycles. The van der Waals surface area contributed by atoms with Gasteiger partial charge in [0.2, 0.25) is 0 Å². The molecule has 0 aromatic heterocycles. The zero-order valence-electron chi connectivity index (χ0n) is 10.9. The fourth-order valence-corrected chi connectivity index (χ4v) is 3.69. The van der Waals surface area contributed by atoms with E-state index >= 15 is 0 Å². The van der Waals surface area contributed by atoms with Gasteiger partial charge in [-0.05, 0) is 31.1 Å². The summed E-state index contributed by atoms with van der Waals surface area (Å²) in [7, 11) is 0. The number of Topliss-reactive ketones (excluding diaryl/α,β-unsaturated/α-hetero) is 1. The molecule has 0 N–H and O–H groups in total. The Balaban J connectivity index is 1.84. The summed E-state index contributed by atoms with van der Waals surface area (Å²) in [6, 6.07) is 0. The van der Waals surface area contributed by atoms with E-state index in [4.69, 9.17) is 0 Å². The van der Waals surface area contributed by atoms with Crippen molar-refractivity contribution in [1.29, 1.82) is 0 Å². The second kappa shape index (κ2) is 5.33. The van der Waals surface area contributed by atoms with Gasteiger partial charge in [0.05, 0.1) is 0 Å². The van der Waals surface area contributed by atoms with Gasteiger partial charge in [-0.25, -0.2) is 0 Å². The second-order valence-electron chi connectivity index (χ2n) is 6.27. The lowest BCUT2D eigenvalue weighted by Crippen LogP contribution is -2.21. The molecule has 0 aliphatic heterocycles. The highest BCUT2D eigenvalue weighted by Gasteiger charge is 2.36. The van der Waals surface area contributed by atoms with Gasteiger partial charge in [0.25, 0.3) is 0 Å². The van der Waals surface area contributed by atoms with Gasteiger partial charge in [0.15, 0.2) is 0 Å². The topological polar surface area (TPSA) is 17.1 Å². The van der Waals surface area contributed by atoms with Crippen molar-refractivity contribution < 1.29 is 4.79 Å². The SMILES string of the molecule is CC(C)C1CCC(CC2CCCCC2)C1=O. The van der Waals surface area contributed by atoms with E-state index in [1.54, 1.807) is 0 Å². The van der Waals surface area contributed by atoms with Gasteiger partial charge in [0, 0.05) is 11.8 Å². The molecule has 2 unspecified atom stereocenters. The van der Waals surface area contributed by atoms with Crippen LogP contribution in [0.2, 0.25) is 0 Å². The van der Waals surface area contributed by atoms with E-state index in [-0.39, 0.29) is 0 Å². The van der Waals surface area contributed by atoms with Gasteiger partial charge in [-0.2, -0.15) is 0 Å². The Morgan fingerprint density at radius 2 is 1.75 bits per heavy atom. The van der Waals surface area contributed by atoms with E-state index in [0.29, 0.717) is 23.5 Å². The van der Waals surface area contributed by atoms with Gasteiger partial charge in [-0.1, -0.05) is 46.0 Å². The van der Waals surface area contributed by atoms with Gasteiger partial charge < -0.3 is 0 Å². The monoisotopic (exact) mass is 222 g/mol. The Morgan fingerprint density at radius 1 is 1.06 bits per heavy atom. The van der Waals surface area contributed by atoms with Crippen molar-refractivity contribution in [2.75, 3.05) is 0 Å². The van der Waals surface area contributed by atoms with Gasteiger partial charge in [-0.15, -0.1) is 0 Å². The predicted octanol–water partition coefficient (Wildman–Crippen LogP) is 4.21. The van der Waals surface area contributed by atoms with Crippen molar-refractivity contribution in [1.82, 2.24) is 0 Å². The number of carbonyl (C=O) groups is 1. The highest BCUT2D eigenvalue weighted by molar-refractivity contribution is 5.85. The molecule has 2 rings (SSSR count). The van der Waals surface area contributed by atoms with Crippen LogP contribution >= 0.6 is 0 Å². The van der Waals surface area contributed by atoms with Crippen LogP contribution in [0.5, 0.6) is 0 Å². The molecule has 2 atom stereocenters. The summed E-state index contributed by atoms with van der Waals surface area (Å²) in [4.78, 5) is 12.2. The molecule has 92 valence electrons. The molecule has 2 fully saturated rings. The zero-order chi connectivity index (χ0) is 11.5. The standard InChI is InChI=1S/C15H26O/c1-11(2)14-9-8-13(15(14)16)10-12-6-4-3-5-7-12/h11-14H,3-10H2,1-2H3. The second-order valence-corrected chi connectivity index (χ2v) is 6.27. The van der Waals surface area contributed by atoms with Crippen LogP contribution in [0.15, 0.2) is 0 Å². The van der Waals surface area contributed by atoms with Gasteiger partial charge in [0.1, 0.15) is 5.78 Å². The first-order valence-electron chi connectivity index (χ1n) is 7.22. The number of carbonyl (C=O) groups excluding carboxylic acids is 1. The molecular formula is C15H26O. The molecule has 0 aromatic carbocycles. The fraction of sp³-hybridized carbons (Fsp3) is 0.933. The largest absolute Gasteiger partial charge is 0.299 e. The van der Waals surface area contributed by atoms with Crippen molar-refractivity contribution in [3.8, 4) is 0 Å². The lowest BCUT2D eigenvalue weighted by atomic mass is 9.81. The number of hydrogen-bond acceptors (Lipinski definition) is 1. The van der Waals surface area contributed by atoms with Crippen LogP contribution in [0.25, 0.3) is 0 Å². The normalized spacial score (nSPS) is 32.6. The van der Waals surface area contributed by atoms with Crippen LogP contribution < -0.4 is 0 Å². The third kappa shape index (κ3) is 2.67. The molecule has 16 heavy (non-hydrogen) atoms. The van der Waals surface area contributed by atoms with E-state index in [9.17, 15) is 4.79 Å². The molecule has 0 amide bonds. The highest BCUT2D eigenvalue weighted by atomic mass is 16.1. The van der Waals surface area contributed by atoms with Crippen molar-refractivity contribution in [2.24, 2.45) is 23.7 Å². The Kier molecular flexibility index (Phi) is 4.05. The third-order valence-electron chi connectivity index (χ3n) is 4.74. The van der Waals surface area contributed by atoms with Crippen LogP contribution in [-0.4, -0.2) is 5.78 Å². The average molecular weight is 222 g/mol. The molecule has 0 bridgehead atoms. The smallest absolute Gasteiger partial charge is 0.139 e. The van der Waals surface area contributed by atoms with Crippen molar-refractivity contribution in [2.45, 2.75) is 65.2 Å². The van der Waals surface area contributed by atoms with Gasteiger partial charge >= 0.3 is 0 Å². The summed E-state index contributed by atoms with van der Waals surface area (Å²) in [6.07, 6.45) is 10.5. The maximum Gasteiger partial charge on any atom is 0.139 e. The van der Waals surface area contributed by atoms with Crippen LogP contribution in [0.4, 0.5) is 0 Å². The number of hydrogen-bond donors (Lipinski definition) is 0. The van der Waals surface area contributed by atoms with Crippen LogP contribution in [0.3, 0.4) is 0 Å². The quantitative estimate of drug-likeness (QED) is 0.699. The van der Waals surface area contributed by atoms with E-state index in [2.05, 4.69) is 13.8 Å². The average Bonchev–Trinajstić information content (AvgIpc) is 2.62. The lowest BCUT2D eigenvalue weighted by Gasteiger charge is -2.24. The minimum atomic E-state index is 0.383. The fourth-order valence-electron chi connectivity index (χ4n) is 3.69. The summed E-state index contributed by atoms with van der Waals surface area (Å²) in [6.45, 7) is 4.40. The van der Waals surface area contributed by atoms with Crippen LogP contribution in [0.1, 0.15) is 65.2 Å². The molecule has 2 aliphatic carbocycles. The maximum atomic E-state index is 12.2. The van der Waals surface area contributed by atoms with E-state index in [0.717, 1.165) is 12.3 Å². The van der Waals surface area contributed by atoms with Gasteiger partial charge in [-0.3, -0.25) is 4.79 Å². The summed E-state index contributed by atoms with van der Waals surface area (Å²) in [5, 5.41) is 0. The molecular weight excluding hydrogens is 196 g/mol. The lowest BCUT2D eigenvalue weighted by molar-refractivity contribution is -0.125. The van der Waals surface area contributed by atoms with E-state index in [1.807, 2.05) is 0 Å². The third-order valence-corrected chi connectivity index (χ3v) is 4.74. The Labute approximate surface area is 100.0 Å². The molecule has 2 saturated carbocycles. The maximum absolute atomic E-state index is 12.2. The minimum Gasteiger partial charge on any atom is -0.299 e. The molecule has 0 radical (unpaired) electrons. The van der Waals surface area contributed by atoms with E-state index in [1.165, 1.54) is 44.9 Å². The molecule has 1 nitrogen and oxygen atoms in total. The van der Waals surface area contributed by atoms with Crippen molar-refractivity contribution >= 4 is 5.78 Å². The molecule has 1 heteroatoms. The summed E-state index contributed by atoms with van der Waals surface area (Å²) >= 11 is 0. The first kappa shape index (κ1) is 12.1. The highest BCUT2D eigenvalue weighted by Crippen LogP contribution is 2.38. The molecule has 0 saturated heterocycles. The van der Waals surface area contributed by atoms with Crippen molar-refractivity contribution in [3.63, 3.8) is 0 Å². The first-order valence-corrected chi connectivity index (χ1v) is 7.22. The molecule has 0 spiro atoms. The number of ketones is 1. The van der Waals surface area contributed by atoms with Crippen LogP contribution in [0, 0.1) is 23.7 Å². The number of rotatable bonds is 3. The molecule has 2 aliphatic rings. The van der Waals surface area contributed by atoms with Crippen molar-refractivity contribution in [3.05, 3.63) is 0 Å². The zero-order valence-corrected chi connectivity index (χ0v) is 10.9. The Bertz CT molecular complexity index is 238. The molecule has 0 aromatic rings. The minimum absolute atomic E-state index is 0.383. The summed E-state index contributed by atoms with van der Waals surface area (Å²) in [5.74, 6) is 2.84. The predicted molar refractivity (Wildman–Crippen MR) is 67.3 cm³/mol. The first-order chi connectivity index (χ1) is 7.68. The Hall–Kier alpha value is -0.330. The Morgan fingerprint density at radius 3 is 2.31 bits per heavy atom. The van der Waals surface area contributed by atoms with E-state index < -0.39 is 0 Å². The van der Waals surface area contributed by atoms with Crippen LogP contribution in [-0.2, 0) is 4.79 Å². The summed E-state index contributed by atoms with van der Waals surface area (Å²) < 4.78 is 0. The summed E-state index contributed by atoms with van der Waals surface area (Å²) in [5.41, 5.74) is 0.